The minimum Gasteiger partial charge on any atom is -0.417 e. The molecular weight excluding hydrogens is 210 g/mol. The first-order valence-corrected chi connectivity index (χ1v) is 3.15. The third kappa shape index (κ3) is 4.84. The van der Waals surface area contributed by atoms with Crippen molar-refractivity contribution in [1.82, 2.24) is 4.98 Å². The molecule has 1 heterocycles. The van der Waals surface area contributed by atoms with Gasteiger partial charge in [-0.15, -0.1) is 0 Å². The van der Waals surface area contributed by atoms with E-state index in [0.29, 0.717) is 0 Å². The van der Waals surface area contributed by atoms with Crippen molar-refractivity contribution in [3.63, 3.8) is 0 Å². The Kier molecular flexibility index (Phi) is 6.93. The Morgan fingerprint density at radius 3 is 2.33 bits per heavy atom. The molecule has 0 saturated carbocycles. The van der Waals surface area contributed by atoms with Crippen molar-refractivity contribution in [2.75, 3.05) is 0 Å². The van der Waals surface area contributed by atoms with Gasteiger partial charge in [0, 0.05) is 12.1 Å². The van der Waals surface area contributed by atoms with E-state index in [2.05, 4.69) is 9.72 Å². The van der Waals surface area contributed by atoms with Gasteiger partial charge >= 0.3 is 6.61 Å². The van der Waals surface area contributed by atoms with Crippen molar-refractivity contribution in [2.24, 2.45) is 0 Å². The van der Waals surface area contributed by atoms with Crippen molar-refractivity contribution in [3.05, 3.63) is 28.4 Å². The molecule has 0 atom stereocenters. The zero-order chi connectivity index (χ0) is 9.84. The average molecular weight is 222 g/mol. The van der Waals surface area contributed by atoms with Crippen LogP contribution in [0.25, 0.3) is 0 Å². The van der Waals surface area contributed by atoms with Crippen molar-refractivity contribution in [3.8, 4) is 5.88 Å². The molecule has 0 saturated heterocycles. The van der Waals surface area contributed by atoms with E-state index in [0.717, 1.165) is 18.3 Å². The monoisotopic (exact) mass is 222 g/mol. The molecule has 0 unspecified atom stereocenters. The van der Waals surface area contributed by atoms with Crippen LogP contribution in [0.3, 0.4) is 0 Å². The average Bonchev–Trinajstić information content (AvgIpc) is 2.04. The summed E-state index contributed by atoms with van der Waals surface area (Å²) < 4.78 is 27.0. The Hall–Kier alpha value is -1.79. The van der Waals surface area contributed by atoms with Crippen LogP contribution in [0.2, 0.25) is 0 Å². The highest BCUT2D eigenvalue weighted by Crippen LogP contribution is 2.14. The van der Waals surface area contributed by atoms with Crippen LogP contribution in [0.15, 0.2) is 18.3 Å². The van der Waals surface area contributed by atoms with Crippen LogP contribution >= 0.6 is 0 Å². The number of ether oxygens (including phenoxy) is 1. The first-order valence-electron chi connectivity index (χ1n) is 3.15. The zero-order valence-corrected chi connectivity index (χ0v) is 6.18. The minimum absolute atomic E-state index is 0. The van der Waals surface area contributed by atoms with Crippen LogP contribution in [0.1, 0.15) is 14.9 Å². The second-order valence-electron chi connectivity index (χ2n) is 1.99. The Balaban J connectivity index is 0. The van der Waals surface area contributed by atoms with Gasteiger partial charge in [0.05, 0.1) is 4.92 Å². The van der Waals surface area contributed by atoms with Gasteiger partial charge in [0.1, 0.15) is 6.20 Å². The molecule has 5 nitrogen and oxygen atoms in total. The molecule has 1 aromatic heterocycles. The fraction of sp³-hybridized carbons (Fsp3) is 0.375. The third-order valence-electron chi connectivity index (χ3n) is 1.14. The van der Waals surface area contributed by atoms with E-state index in [1.165, 1.54) is 0 Å². The number of alkyl halides is 2. The molecule has 0 aromatic carbocycles. The Bertz CT molecular complexity index is 303. The first-order chi connectivity index (χ1) is 6.09. The number of nitro groups is 1. The minimum atomic E-state index is -2.98. The van der Waals surface area contributed by atoms with E-state index in [4.69, 9.17) is 0 Å². The van der Waals surface area contributed by atoms with E-state index in [-0.39, 0.29) is 26.4 Å². The highest BCUT2D eigenvalue weighted by Gasteiger charge is 2.08. The molecule has 0 aliphatic rings. The van der Waals surface area contributed by atoms with Crippen molar-refractivity contribution in [2.45, 2.75) is 21.5 Å². The quantitative estimate of drug-likeness (QED) is 0.582. The number of hydrogen-bond donors (Lipinski definition) is 0. The van der Waals surface area contributed by atoms with Crippen molar-refractivity contribution < 1.29 is 18.4 Å². The van der Waals surface area contributed by atoms with Gasteiger partial charge in [-0.1, -0.05) is 14.9 Å². The molecule has 0 N–H and O–H groups in total. The fourth-order valence-electron chi connectivity index (χ4n) is 0.641. The zero-order valence-electron chi connectivity index (χ0n) is 6.18. The molecule has 1 rings (SSSR count). The van der Waals surface area contributed by atoms with Crippen LogP contribution in [-0.2, 0) is 0 Å². The Morgan fingerprint density at radius 1 is 1.40 bits per heavy atom. The third-order valence-corrected chi connectivity index (χ3v) is 1.14. The summed E-state index contributed by atoms with van der Waals surface area (Å²) in [5.74, 6) is -0.347. The summed E-state index contributed by atoms with van der Waals surface area (Å²) in [4.78, 5) is 12.7. The van der Waals surface area contributed by atoms with Gasteiger partial charge < -0.3 is 4.74 Å². The molecule has 0 radical (unpaired) electrons. The lowest BCUT2D eigenvalue weighted by atomic mass is 10.4. The summed E-state index contributed by atoms with van der Waals surface area (Å²) in [5, 5.41) is 10.1. The highest BCUT2D eigenvalue weighted by molar-refractivity contribution is 5.28. The number of hydrogen-bond acceptors (Lipinski definition) is 4. The molecular formula is C8H12F2N2O3. The molecule has 86 valence electrons. The van der Waals surface area contributed by atoms with Crippen LogP contribution in [-0.4, -0.2) is 16.5 Å². The summed E-state index contributed by atoms with van der Waals surface area (Å²) in [7, 11) is 0. The Labute approximate surface area is 85.9 Å². The van der Waals surface area contributed by atoms with Crippen LogP contribution in [0.5, 0.6) is 5.88 Å². The van der Waals surface area contributed by atoms with Gasteiger partial charge in [-0.2, -0.15) is 8.78 Å². The number of pyridine rings is 1. The summed E-state index contributed by atoms with van der Waals surface area (Å²) in [6.07, 6.45) is 0.845. The van der Waals surface area contributed by atoms with E-state index < -0.39 is 11.5 Å². The topological polar surface area (TPSA) is 65.3 Å². The summed E-state index contributed by atoms with van der Waals surface area (Å²) in [6.45, 7) is -2.98. The lowest BCUT2D eigenvalue weighted by molar-refractivity contribution is -0.385. The molecule has 0 aliphatic heterocycles. The molecule has 7 heteroatoms. The maximum absolute atomic E-state index is 11.6. The number of aromatic nitrogens is 1. The van der Waals surface area contributed by atoms with Gasteiger partial charge in [-0.3, -0.25) is 10.1 Å². The maximum Gasteiger partial charge on any atom is 0.388 e. The molecule has 0 aliphatic carbocycles. The predicted octanol–water partition coefficient (Wildman–Crippen LogP) is 2.86. The summed E-state index contributed by atoms with van der Waals surface area (Å²) >= 11 is 0. The van der Waals surface area contributed by atoms with Gasteiger partial charge in [0.25, 0.3) is 5.69 Å². The SMILES string of the molecule is C.C.O=[N+]([O-])c1ccc(OC(F)F)nc1. The molecule has 0 amide bonds. The largest absolute Gasteiger partial charge is 0.417 e. The molecule has 0 spiro atoms. The van der Waals surface area contributed by atoms with Crippen molar-refractivity contribution in [1.29, 1.82) is 0 Å². The molecule has 0 fully saturated rings. The van der Waals surface area contributed by atoms with Crippen LogP contribution < -0.4 is 4.74 Å². The van der Waals surface area contributed by atoms with Gasteiger partial charge in [-0.05, 0) is 0 Å². The summed E-state index contributed by atoms with van der Waals surface area (Å²) in [6, 6.07) is 2.04. The standard InChI is InChI=1S/C6H4F2N2O3.2CH4/c7-6(8)13-5-2-1-4(3-9-5)10(11)12;;/h1-3,6H;2*1H4. The van der Waals surface area contributed by atoms with Gasteiger partial charge in [0.15, 0.2) is 0 Å². The van der Waals surface area contributed by atoms with Gasteiger partial charge in [-0.25, -0.2) is 4.98 Å². The second kappa shape index (κ2) is 6.63. The van der Waals surface area contributed by atoms with Crippen LogP contribution in [0.4, 0.5) is 14.5 Å². The number of nitrogens with zero attached hydrogens (tertiary/aromatic N) is 2. The van der Waals surface area contributed by atoms with Crippen molar-refractivity contribution >= 4 is 5.69 Å². The van der Waals surface area contributed by atoms with E-state index in [1.807, 2.05) is 0 Å². The Morgan fingerprint density at radius 2 is 2.00 bits per heavy atom. The van der Waals surface area contributed by atoms with E-state index in [9.17, 15) is 18.9 Å². The summed E-state index contributed by atoms with van der Waals surface area (Å²) in [5.41, 5.74) is -0.276. The molecule has 1 aromatic rings. The molecule has 15 heavy (non-hydrogen) atoms. The lowest BCUT2D eigenvalue weighted by Gasteiger charge is -2.00. The van der Waals surface area contributed by atoms with Gasteiger partial charge in [0.2, 0.25) is 5.88 Å². The lowest BCUT2D eigenvalue weighted by Crippen LogP contribution is -2.03. The number of rotatable bonds is 3. The van der Waals surface area contributed by atoms with E-state index in [1.54, 1.807) is 0 Å². The highest BCUT2D eigenvalue weighted by atomic mass is 19.3. The maximum atomic E-state index is 11.6. The predicted molar refractivity (Wildman–Crippen MR) is 51.0 cm³/mol. The first kappa shape index (κ1) is 15.7. The number of halogens is 2. The normalized spacial score (nSPS) is 8.73. The molecule has 0 bridgehead atoms. The second-order valence-corrected chi connectivity index (χ2v) is 1.99. The fourth-order valence-corrected chi connectivity index (χ4v) is 0.641. The van der Waals surface area contributed by atoms with E-state index >= 15 is 0 Å². The van der Waals surface area contributed by atoms with Crippen LogP contribution in [0, 0.1) is 10.1 Å². The smallest absolute Gasteiger partial charge is 0.388 e.